The number of benzene rings is 2. The standard InChI is InChI=1S/C21H21F3N4O4/c22-14-7-13(8-15(9-14)32-21(23)24)17(29)20(31)28-6-5-16(28)19(30)27-10-11-1-3-12(4-2-11)18(25)26/h1-4,7-9,16-17,21,29H,5-6,10H2,(H3,25,26)(H,27,30). The van der Waals surface area contributed by atoms with Crippen LogP contribution in [0, 0.1) is 11.2 Å². The molecule has 11 heteroatoms. The van der Waals surface area contributed by atoms with E-state index >= 15 is 0 Å². The van der Waals surface area contributed by atoms with E-state index in [1.165, 1.54) is 0 Å². The van der Waals surface area contributed by atoms with Crippen LogP contribution in [0.5, 0.6) is 5.75 Å². The second kappa shape index (κ2) is 9.69. The van der Waals surface area contributed by atoms with Crippen molar-refractivity contribution < 1.29 is 32.6 Å². The highest BCUT2D eigenvalue weighted by atomic mass is 19.3. The van der Waals surface area contributed by atoms with E-state index in [-0.39, 0.29) is 24.5 Å². The number of nitrogens with two attached hydrogens (primary N) is 1. The minimum Gasteiger partial charge on any atom is -0.435 e. The Morgan fingerprint density at radius 2 is 1.94 bits per heavy atom. The molecule has 1 saturated heterocycles. The Morgan fingerprint density at radius 3 is 2.50 bits per heavy atom. The van der Waals surface area contributed by atoms with Crippen molar-refractivity contribution in [2.75, 3.05) is 6.54 Å². The summed E-state index contributed by atoms with van der Waals surface area (Å²) >= 11 is 0. The van der Waals surface area contributed by atoms with Gasteiger partial charge in [-0.3, -0.25) is 15.0 Å². The van der Waals surface area contributed by atoms with Crippen molar-refractivity contribution in [2.45, 2.75) is 31.7 Å². The molecule has 2 atom stereocenters. The van der Waals surface area contributed by atoms with Crippen molar-refractivity contribution in [3.05, 3.63) is 65.0 Å². The van der Waals surface area contributed by atoms with Gasteiger partial charge in [-0.2, -0.15) is 8.78 Å². The van der Waals surface area contributed by atoms with Crippen molar-refractivity contribution in [3.8, 4) is 5.75 Å². The lowest BCUT2D eigenvalue weighted by atomic mass is 9.98. The lowest BCUT2D eigenvalue weighted by Gasteiger charge is -2.40. The van der Waals surface area contributed by atoms with Crippen LogP contribution in [0.4, 0.5) is 13.2 Å². The number of nitrogens with zero attached hydrogens (tertiary/aromatic N) is 1. The van der Waals surface area contributed by atoms with Gasteiger partial charge in [0.15, 0.2) is 6.10 Å². The molecule has 0 aliphatic carbocycles. The SMILES string of the molecule is N=C(N)c1ccc(CNC(=O)C2CCN2C(=O)C(O)c2cc(F)cc(OC(F)F)c2)cc1. The molecule has 2 aromatic rings. The van der Waals surface area contributed by atoms with Crippen molar-refractivity contribution >= 4 is 17.6 Å². The van der Waals surface area contributed by atoms with Gasteiger partial charge in [0.2, 0.25) is 5.91 Å². The highest BCUT2D eigenvalue weighted by molar-refractivity contribution is 5.95. The molecule has 2 aromatic carbocycles. The summed E-state index contributed by atoms with van der Waals surface area (Å²) in [4.78, 5) is 26.2. The van der Waals surface area contributed by atoms with Gasteiger partial charge in [0, 0.05) is 24.7 Å². The fourth-order valence-electron chi connectivity index (χ4n) is 3.25. The fourth-order valence-corrected chi connectivity index (χ4v) is 3.25. The molecule has 0 bridgehead atoms. The minimum atomic E-state index is -3.19. The van der Waals surface area contributed by atoms with Gasteiger partial charge in [0.1, 0.15) is 23.4 Å². The van der Waals surface area contributed by atoms with Crippen molar-refractivity contribution in [1.82, 2.24) is 10.2 Å². The zero-order valence-electron chi connectivity index (χ0n) is 16.7. The summed E-state index contributed by atoms with van der Waals surface area (Å²) in [5.41, 5.74) is 6.43. The monoisotopic (exact) mass is 450 g/mol. The molecule has 0 spiro atoms. The lowest BCUT2D eigenvalue weighted by Crippen LogP contribution is -2.59. The maximum atomic E-state index is 13.7. The maximum Gasteiger partial charge on any atom is 0.387 e. The molecule has 1 heterocycles. The molecule has 3 rings (SSSR count). The van der Waals surface area contributed by atoms with Gasteiger partial charge in [-0.25, -0.2) is 4.39 Å². The van der Waals surface area contributed by atoms with Crippen LogP contribution in [0.1, 0.15) is 29.2 Å². The van der Waals surface area contributed by atoms with Gasteiger partial charge in [0.05, 0.1) is 0 Å². The molecule has 1 fully saturated rings. The predicted octanol–water partition coefficient (Wildman–Crippen LogP) is 1.66. The van der Waals surface area contributed by atoms with E-state index in [4.69, 9.17) is 11.1 Å². The normalized spacial score (nSPS) is 16.3. The molecule has 1 aliphatic heterocycles. The van der Waals surface area contributed by atoms with Crippen LogP contribution in [0.2, 0.25) is 0 Å². The van der Waals surface area contributed by atoms with E-state index in [2.05, 4.69) is 10.1 Å². The highest BCUT2D eigenvalue weighted by Crippen LogP contribution is 2.28. The number of aliphatic hydroxyl groups is 1. The molecule has 8 nitrogen and oxygen atoms in total. The van der Waals surface area contributed by atoms with Crippen LogP contribution < -0.4 is 15.8 Å². The number of carbonyl (C=O) groups excluding carboxylic acids is 2. The van der Waals surface area contributed by atoms with Crippen LogP contribution in [0.3, 0.4) is 0 Å². The Kier molecular flexibility index (Phi) is 6.98. The molecule has 5 N–H and O–H groups in total. The Morgan fingerprint density at radius 1 is 1.25 bits per heavy atom. The number of carbonyl (C=O) groups is 2. The average Bonchev–Trinajstić information content (AvgIpc) is 2.70. The number of amidine groups is 1. The average molecular weight is 450 g/mol. The molecule has 0 radical (unpaired) electrons. The predicted molar refractivity (Wildman–Crippen MR) is 107 cm³/mol. The zero-order chi connectivity index (χ0) is 23.4. The third-order valence-corrected chi connectivity index (χ3v) is 5.01. The Balaban J connectivity index is 1.61. The van der Waals surface area contributed by atoms with Gasteiger partial charge in [0.25, 0.3) is 5.91 Å². The van der Waals surface area contributed by atoms with Gasteiger partial charge in [-0.05, 0) is 29.7 Å². The summed E-state index contributed by atoms with van der Waals surface area (Å²) in [6, 6.07) is 8.35. The number of alkyl halides is 2. The summed E-state index contributed by atoms with van der Waals surface area (Å²) < 4.78 is 42.6. The van der Waals surface area contributed by atoms with Gasteiger partial charge in [-0.15, -0.1) is 0 Å². The van der Waals surface area contributed by atoms with Gasteiger partial charge < -0.3 is 25.8 Å². The van der Waals surface area contributed by atoms with Crippen molar-refractivity contribution in [3.63, 3.8) is 0 Å². The summed E-state index contributed by atoms with van der Waals surface area (Å²) in [6.45, 7) is -2.81. The smallest absolute Gasteiger partial charge is 0.387 e. The number of hydrogen-bond donors (Lipinski definition) is 4. The van der Waals surface area contributed by atoms with E-state index in [0.717, 1.165) is 22.6 Å². The Bertz CT molecular complexity index is 1020. The number of hydrogen-bond acceptors (Lipinski definition) is 5. The molecular formula is C21H21F3N4O4. The zero-order valence-corrected chi connectivity index (χ0v) is 16.7. The largest absolute Gasteiger partial charge is 0.435 e. The lowest BCUT2D eigenvalue weighted by molar-refractivity contribution is -0.154. The molecule has 0 aromatic heterocycles. The number of rotatable bonds is 8. The van der Waals surface area contributed by atoms with Gasteiger partial charge >= 0.3 is 6.61 Å². The molecule has 170 valence electrons. The highest BCUT2D eigenvalue weighted by Gasteiger charge is 2.40. The van der Waals surface area contributed by atoms with E-state index in [1.54, 1.807) is 24.3 Å². The second-order valence-corrected chi connectivity index (χ2v) is 7.17. The van der Waals surface area contributed by atoms with Crippen LogP contribution in [0.25, 0.3) is 0 Å². The second-order valence-electron chi connectivity index (χ2n) is 7.17. The molecule has 1 aliphatic rings. The van der Waals surface area contributed by atoms with Gasteiger partial charge in [-0.1, -0.05) is 24.3 Å². The summed E-state index contributed by atoms with van der Waals surface area (Å²) in [5.74, 6) is -2.85. The number of aliphatic hydroxyl groups excluding tert-OH is 1. The van der Waals surface area contributed by atoms with Crippen LogP contribution in [-0.4, -0.2) is 46.9 Å². The number of ether oxygens (including phenoxy) is 1. The topological polar surface area (TPSA) is 129 Å². The first-order chi connectivity index (χ1) is 15.2. The summed E-state index contributed by atoms with van der Waals surface area (Å²) in [7, 11) is 0. The molecule has 2 unspecified atom stereocenters. The van der Waals surface area contributed by atoms with E-state index in [9.17, 15) is 27.9 Å². The Labute approximate surface area is 181 Å². The molecule has 32 heavy (non-hydrogen) atoms. The Hall–Kier alpha value is -3.60. The van der Waals surface area contributed by atoms with Crippen LogP contribution >= 0.6 is 0 Å². The molecule has 0 saturated carbocycles. The molecule has 2 amide bonds. The van der Waals surface area contributed by atoms with Crippen molar-refractivity contribution in [1.29, 1.82) is 5.41 Å². The first kappa shape index (κ1) is 23.1. The van der Waals surface area contributed by atoms with Crippen molar-refractivity contribution in [2.24, 2.45) is 5.73 Å². The third-order valence-electron chi connectivity index (χ3n) is 5.01. The fraction of sp³-hybridized carbons (Fsp3) is 0.286. The number of likely N-dealkylation sites (tertiary alicyclic amines) is 1. The van der Waals surface area contributed by atoms with E-state index < -0.39 is 42.1 Å². The number of amides is 2. The van der Waals surface area contributed by atoms with E-state index in [1.807, 2.05) is 0 Å². The minimum absolute atomic E-state index is 0.0750. The number of nitrogens with one attached hydrogen (secondary N) is 2. The van der Waals surface area contributed by atoms with Crippen LogP contribution in [-0.2, 0) is 16.1 Å². The van der Waals surface area contributed by atoms with E-state index in [0.29, 0.717) is 18.1 Å². The van der Waals surface area contributed by atoms with Crippen LogP contribution in [0.15, 0.2) is 42.5 Å². The maximum absolute atomic E-state index is 13.7. The quantitative estimate of drug-likeness (QED) is 0.359. The first-order valence-corrected chi connectivity index (χ1v) is 9.60. The first-order valence-electron chi connectivity index (χ1n) is 9.60. The number of nitrogen functional groups attached to an aromatic ring is 1. The summed E-state index contributed by atoms with van der Waals surface area (Å²) in [5, 5.41) is 20.4. The molecular weight excluding hydrogens is 429 g/mol. The summed E-state index contributed by atoms with van der Waals surface area (Å²) in [6.07, 6.45) is -1.48. The third kappa shape index (κ3) is 5.35. The number of halogens is 3.